The van der Waals surface area contributed by atoms with Gasteiger partial charge in [-0.2, -0.15) is 0 Å². The molecule has 0 rings (SSSR count). The van der Waals surface area contributed by atoms with Crippen LogP contribution in [0.5, 0.6) is 0 Å². The summed E-state index contributed by atoms with van der Waals surface area (Å²) in [5, 5.41) is 18.5. The van der Waals surface area contributed by atoms with E-state index in [0.29, 0.717) is 6.42 Å². The molecule has 2 N–H and O–H groups in total. The molecule has 0 heterocycles. The van der Waals surface area contributed by atoms with Gasteiger partial charge in [0.15, 0.2) is 6.04 Å². The number of rotatable bonds is 18. The van der Waals surface area contributed by atoms with Crippen LogP contribution in [0.15, 0.2) is 0 Å². The number of aliphatic carboxylic acids is 2. The minimum Gasteiger partial charge on any atom is -0.481 e. The van der Waals surface area contributed by atoms with Crippen LogP contribution in [0.1, 0.15) is 96.8 Å². The molecule has 0 fully saturated rings. The van der Waals surface area contributed by atoms with Crippen LogP contribution in [0.25, 0.3) is 0 Å². The number of carbonyl (C=O) groups is 3. The molecule has 0 aromatic heterocycles. The van der Waals surface area contributed by atoms with E-state index in [2.05, 4.69) is 6.92 Å². The molecule has 0 amide bonds. The minimum atomic E-state index is -1.38. The number of hydroxylamine groups is 2. The molecule has 0 radical (unpaired) electrons. The summed E-state index contributed by atoms with van der Waals surface area (Å²) in [7, 11) is 1.27. The van der Waals surface area contributed by atoms with E-state index < -0.39 is 30.4 Å². The third-order valence-corrected chi connectivity index (χ3v) is 4.57. The summed E-state index contributed by atoms with van der Waals surface area (Å²) in [5.41, 5.74) is 0. The molecule has 0 aliphatic carbocycles. The third-order valence-electron chi connectivity index (χ3n) is 4.57. The highest BCUT2D eigenvalue weighted by atomic mass is 16.7. The van der Waals surface area contributed by atoms with E-state index in [4.69, 9.17) is 15.1 Å². The Morgan fingerprint density at radius 1 is 0.815 bits per heavy atom. The van der Waals surface area contributed by atoms with Crippen molar-refractivity contribution in [3.63, 3.8) is 0 Å². The smallest absolute Gasteiger partial charge is 0.325 e. The number of carbonyl (C=O) groups excluding carboxylic acids is 1. The topological polar surface area (TPSA) is 104 Å². The molecule has 0 bridgehead atoms. The lowest BCUT2D eigenvalue weighted by molar-refractivity contribution is -0.201. The van der Waals surface area contributed by atoms with Crippen LogP contribution in [0, 0.1) is 0 Å². The van der Waals surface area contributed by atoms with Crippen molar-refractivity contribution in [1.29, 1.82) is 0 Å². The van der Waals surface area contributed by atoms with Crippen molar-refractivity contribution in [2.24, 2.45) is 0 Å². The van der Waals surface area contributed by atoms with Crippen LogP contribution in [-0.2, 0) is 19.2 Å². The molecule has 0 saturated carbocycles. The summed E-state index contributed by atoms with van der Waals surface area (Å²) in [6.07, 6.45) is 13.9. The number of carboxylic acids is 2. The van der Waals surface area contributed by atoms with Gasteiger partial charge in [0.2, 0.25) is 0 Å². The average molecular weight is 388 g/mol. The Bertz CT molecular complexity index is 427. The molecular weight excluding hydrogens is 350 g/mol. The standard InChI is InChI=1S/C20H37NO6/c1-3-4-5-6-7-8-9-10-11-12-13-14-15-19(24)27-21(2)17(20(25)26)16-18(22)23/h17H,3-16H2,1-2H3,(H,22,23)(H,25,26)/t17-/m0/s1. The average Bonchev–Trinajstić information content (AvgIpc) is 2.60. The molecule has 1 atom stereocenters. The molecule has 0 aromatic carbocycles. The Balaban J connectivity index is 3.65. The fourth-order valence-corrected chi connectivity index (χ4v) is 2.92. The van der Waals surface area contributed by atoms with Gasteiger partial charge in [0.1, 0.15) is 0 Å². The van der Waals surface area contributed by atoms with Crippen molar-refractivity contribution in [1.82, 2.24) is 5.06 Å². The quantitative estimate of drug-likeness (QED) is 0.265. The largest absolute Gasteiger partial charge is 0.481 e. The van der Waals surface area contributed by atoms with Crippen LogP contribution in [0.2, 0.25) is 0 Å². The van der Waals surface area contributed by atoms with Crippen molar-refractivity contribution in [2.45, 2.75) is 103 Å². The zero-order valence-corrected chi connectivity index (χ0v) is 17.0. The zero-order valence-electron chi connectivity index (χ0n) is 17.0. The second kappa shape index (κ2) is 16.5. The van der Waals surface area contributed by atoms with Gasteiger partial charge in [-0.15, -0.1) is 5.06 Å². The lowest BCUT2D eigenvalue weighted by Gasteiger charge is -2.21. The molecule has 27 heavy (non-hydrogen) atoms. The van der Waals surface area contributed by atoms with Crippen LogP contribution < -0.4 is 0 Å². The lowest BCUT2D eigenvalue weighted by Crippen LogP contribution is -2.41. The van der Waals surface area contributed by atoms with Gasteiger partial charge in [-0.3, -0.25) is 14.4 Å². The highest BCUT2D eigenvalue weighted by molar-refractivity contribution is 5.80. The normalized spacial score (nSPS) is 12.1. The van der Waals surface area contributed by atoms with E-state index in [1.165, 1.54) is 64.8 Å². The Hall–Kier alpha value is -1.63. The Labute approximate surface area is 163 Å². The highest BCUT2D eigenvalue weighted by Crippen LogP contribution is 2.13. The Morgan fingerprint density at radius 2 is 1.26 bits per heavy atom. The monoisotopic (exact) mass is 387 g/mol. The summed E-state index contributed by atoms with van der Waals surface area (Å²) in [6, 6.07) is -1.38. The van der Waals surface area contributed by atoms with E-state index in [0.717, 1.165) is 17.9 Å². The van der Waals surface area contributed by atoms with E-state index in [1.807, 2.05) is 0 Å². The molecule has 0 saturated heterocycles. The van der Waals surface area contributed by atoms with Crippen LogP contribution >= 0.6 is 0 Å². The van der Waals surface area contributed by atoms with Crippen molar-refractivity contribution in [3.05, 3.63) is 0 Å². The third kappa shape index (κ3) is 15.2. The van der Waals surface area contributed by atoms with Crippen LogP contribution in [0.3, 0.4) is 0 Å². The van der Waals surface area contributed by atoms with Gasteiger partial charge in [0, 0.05) is 13.5 Å². The number of nitrogens with zero attached hydrogens (tertiary/aromatic N) is 1. The first-order valence-corrected chi connectivity index (χ1v) is 10.3. The zero-order chi connectivity index (χ0) is 20.5. The lowest BCUT2D eigenvalue weighted by atomic mass is 10.0. The first-order chi connectivity index (χ1) is 12.9. The molecule has 0 spiro atoms. The van der Waals surface area contributed by atoms with Gasteiger partial charge < -0.3 is 15.1 Å². The van der Waals surface area contributed by atoms with E-state index >= 15 is 0 Å². The van der Waals surface area contributed by atoms with Gasteiger partial charge in [0.25, 0.3) is 0 Å². The highest BCUT2D eigenvalue weighted by Gasteiger charge is 2.28. The molecule has 0 aromatic rings. The molecular formula is C20H37NO6. The van der Waals surface area contributed by atoms with E-state index in [1.54, 1.807) is 0 Å². The number of hydrogen-bond acceptors (Lipinski definition) is 5. The molecule has 158 valence electrons. The van der Waals surface area contributed by atoms with Crippen LogP contribution in [0.4, 0.5) is 0 Å². The predicted molar refractivity (Wildman–Crippen MR) is 103 cm³/mol. The summed E-state index contributed by atoms with van der Waals surface area (Å²) < 4.78 is 0. The fourth-order valence-electron chi connectivity index (χ4n) is 2.92. The van der Waals surface area contributed by atoms with E-state index in [9.17, 15) is 14.4 Å². The Morgan fingerprint density at radius 3 is 1.67 bits per heavy atom. The fraction of sp³-hybridized carbons (Fsp3) is 0.850. The van der Waals surface area contributed by atoms with Gasteiger partial charge in [0.05, 0.1) is 6.42 Å². The Kier molecular flexibility index (Phi) is 15.5. The molecule has 0 aliphatic rings. The number of hydrogen-bond donors (Lipinski definition) is 2. The first kappa shape index (κ1) is 25.4. The van der Waals surface area contributed by atoms with Gasteiger partial charge in [-0.25, -0.2) is 0 Å². The number of carboxylic acid groups (broad SMARTS) is 2. The van der Waals surface area contributed by atoms with Crippen molar-refractivity contribution >= 4 is 17.9 Å². The van der Waals surface area contributed by atoms with Crippen molar-refractivity contribution in [2.75, 3.05) is 7.05 Å². The minimum absolute atomic E-state index is 0.210. The summed E-state index contributed by atoms with van der Waals surface area (Å²) in [6.45, 7) is 2.23. The summed E-state index contributed by atoms with van der Waals surface area (Å²) >= 11 is 0. The number of unbranched alkanes of at least 4 members (excludes halogenated alkanes) is 11. The summed E-state index contributed by atoms with van der Waals surface area (Å²) in [5.74, 6) is -3.12. The van der Waals surface area contributed by atoms with Crippen LogP contribution in [-0.4, -0.2) is 46.3 Å². The van der Waals surface area contributed by atoms with Gasteiger partial charge >= 0.3 is 17.9 Å². The van der Waals surface area contributed by atoms with Crippen molar-refractivity contribution < 1.29 is 29.4 Å². The number of likely N-dealkylation sites (N-methyl/N-ethyl adjacent to an activating group) is 1. The van der Waals surface area contributed by atoms with E-state index in [-0.39, 0.29) is 6.42 Å². The second-order valence-corrected chi connectivity index (χ2v) is 7.10. The second-order valence-electron chi connectivity index (χ2n) is 7.10. The summed E-state index contributed by atoms with van der Waals surface area (Å²) in [4.78, 5) is 38.4. The molecule has 7 heteroatoms. The predicted octanol–water partition coefficient (Wildman–Crippen LogP) is 4.40. The maximum atomic E-state index is 11.7. The maximum absolute atomic E-state index is 11.7. The van der Waals surface area contributed by atoms with Crippen molar-refractivity contribution in [3.8, 4) is 0 Å². The maximum Gasteiger partial charge on any atom is 0.325 e. The SMILES string of the molecule is CCCCCCCCCCCCCCC(=O)ON(C)[C@@H](CC(=O)O)C(=O)O. The van der Waals surface area contributed by atoms with Gasteiger partial charge in [-0.05, 0) is 6.42 Å². The molecule has 7 nitrogen and oxygen atoms in total. The first-order valence-electron chi connectivity index (χ1n) is 10.3. The molecule has 0 unspecified atom stereocenters. The molecule has 0 aliphatic heterocycles. The van der Waals surface area contributed by atoms with Gasteiger partial charge in [-0.1, -0.05) is 77.6 Å².